The summed E-state index contributed by atoms with van der Waals surface area (Å²) in [6.07, 6.45) is 1.43. The second kappa shape index (κ2) is 10.1. The lowest BCUT2D eigenvalue weighted by Crippen LogP contribution is -2.32. The molecule has 0 unspecified atom stereocenters. The zero-order valence-electron chi connectivity index (χ0n) is 15.3. The minimum Gasteiger partial charge on any atom is -0.489 e. The molecular weight excluding hydrogens is 390 g/mol. The van der Waals surface area contributed by atoms with Gasteiger partial charge in [-0.3, -0.25) is 9.59 Å². The van der Waals surface area contributed by atoms with Crippen LogP contribution in [0.2, 0.25) is 5.02 Å². The fraction of sp³-hybridized carbons (Fsp3) is 0.0455. The average molecular weight is 408 g/mol. The molecule has 0 saturated heterocycles. The Morgan fingerprint density at radius 1 is 0.931 bits per heavy atom. The number of ether oxygens (including phenoxy) is 1. The molecule has 0 bridgehead atoms. The van der Waals surface area contributed by atoms with E-state index < -0.39 is 11.8 Å². The molecule has 0 aromatic heterocycles. The predicted molar refractivity (Wildman–Crippen MR) is 113 cm³/mol. The molecule has 2 N–H and O–H groups in total. The molecule has 146 valence electrons. The fourth-order valence-electron chi connectivity index (χ4n) is 2.36. The number of benzene rings is 3. The Labute approximate surface area is 173 Å². The normalized spacial score (nSPS) is 10.5. The maximum atomic E-state index is 11.8. The third kappa shape index (κ3) is 6.48. The van der Waals surface area contributed by atoms with Crippen molar-refractivity contribution in [1.29, 1.82) is 0 Å². The van der Waals surface area contributed by atoms with Gasteiger partial charge in [-0.05, 0) is 47.5 Å². The monoisotopic (exact) mass is 407 g/mol. The van der Waals surface area contributed by atoms with Gasteiger partial charge >= 0.3 is 11.8 Å². The number of para-hydroxylation sites is 1. The van der Waals surface area contributed by atoms with E-state index in [1.54, 1.807) is 48.5 Å². The molecule has 0 aliphatic heterocycles. The summed E-state index contributed by atoms with van der Waals surface area (Å²) < 4.78 is 5.75. The number of carbonyl (C=O) groups excluding carboxylic acids is 2. The number of halogens is 1. The molecule has 0 aliphatic rings. The van der Waals surface area contributed by atoms with Crippen molar-refractivity contribution in [2.45, 2.75) is 6.61 Å². The Kier molecular flexibility index (Phi) is 6.97. The molecule has 0 spiro atoms. The van der Waals surface area contributed by atoms with E-state index in [0.29, 0.717) is 28.6 Å². The zero-order valence-corrected chi connectivity index (χ0v) is 16.1. The summed E-state index contributed by atoms with van der Waals surface area (Å²) in [6.45, 7) is 0.397. The lowest BCUT2D eigenvalue weighted by Gasteiger charge is -2.07. The largest absolute Gasteiger partial charge is 0.489 e. The molecule has 0 radical (unpaired) electrons. The van der Waals surface area contributed by atoms with Crippen molar-refractivity contribution >= 4 is 35.3 Å². The summed E-state index contributed by atoms with van der Waals surface area (Å²) in [4.78, 5) is 23.6. The number of hydrazone groups is 1. The van der Waals surface area contributed by atoms with Crippen LogP contribution in [-0.2, 0) is 16.2 Å². The van der Waals surface area contributed by atoms with Gasteiger partial charge in [0.1, 0.15) is 12.4 Å². The number of hydrogen-bond acceptors (Lipinski definition) is 4. The number of hydrogen-bond donors (Lipinski definition) is 2. The van der Waals surface area contributed by atoms with E-state index in [1.165, 1.54) is 6.21 Å². The van der Waals surface area contributed by atoms with Gasteiger partial charge in [-0.25, -0.2) is 5.43 Å². The minimum absolute atomic E-state index is 0.397. The number of carbonyl (C=O) groups is 2. The Morgan fingerprint density at radius 3 is 2.45 bits per heavy atom. The summed E-state index contributed by atoms with van der Waals surface area (Å²) >= 11 is 5.87. The Hall–Kier alpha value is -3.64. The lowest BCUT2D eigenvalue weighted by atomic mass is 10.2. The molecule has 0 heterocycles. The molecular formula is C22H18ClN3O3. The van der Waals surface area contributed by atoms with Crippen LogP contribution in [0.5, 0.6) is 5.75 Å². The Balaban J connectivity index is 1.51. The highest BCUT2D eigenvalue weighted by atomic mass is 35.5. The summed E-state index contributed by atoms with van der Waals surface area (Å²) in [6, 6.07) is 23.3. The van der Waals surface area contributed by atoms with Crippen LogP contribution in [-0.4, -0.2) is 18.0 Å². The van der Waals surface area contributed by atoms with Crippen LogP contribution in [0.3, 0.4) is 0 Å². The van der Waals surface area contributed by atoms with E-state index in [9.17, 15) is 9.59 Å². The molecule has 0 fully saturated rings. The van der Waals surface area contributed by atoms with Crippen LogP contribution in [0.25, 0.3) is 0 Å². The van der Waals surface area contributed by atoms with Crippen LogP contribution in [0.4, 0.5) is 5.69 Å². The molecule has 0 atom stereocenters. The SMILES string of the molecule is O=C(N/N=C\c1cccc(OCc2ccc(Cl)cc2)c1)C(=O)Nc1ccccc1. The van der Waals surface area contributed by atoms with Crippen molar-refractivity contribution in [3.8, 4) is 5.75 Å². The Bertz CT molecular complexity index is 1010. The summed E-state index contributed by atoms with van der Waals surface area (Å²) in [7, 11) is 0. The van der Waals surface area contributed by atoms with Crippen molar-refractivity contribution in [1.82, 2.24) is 5.43 Å². The maximum absolute atomic E-state index is 11.8. The maximum Gasteiger partial charge on any atom is 0.329 e. The topological polar surface area (TPSA) is 79.8 Å². The van der Waals surface area contributed by atoms with Gasteiger partial charge in [0.25, 0.3) is 0 Å². The molecule has 0 saturated carbocycles. The number of nitrogens with zero attached hydrogens (tertiary/aromatic N) is 1. The summed E-state index contributed by atoms with van der Waals surface area (Å²) in [5.74, 6) is -1.01. The molecule has 3 rings (SSSR count). The highest BCUT2D eigenvalue weighted by Crippen LogP contribution is 2.15. The van der Waals surface area contributed by atoms with Crippen molar-refractivity contribution in [2.75, 3.05) is 5.32 Å². The van der Waals surface area contributed by atoms with Gasteiger partial charge in [0, 0.05) is 10.7 Å². The third-order valence-corrected chi connectivity index (χ3v) is 4.05. The molecule has 29 heavy (non-hydrogen) atoms. The van der Waals surface area contributed by atoms with Gasteiger partial charge in [0.05, 0.1) is 6.21 Å². The second-order valence-corrected chi connectivity index (χ2v) is 6.44. The number of amides is 2. The molecule has 6 nitrogen and oxygen atoms in total. The predicted octanol–water partition coefficient (Wildman–Crippen LogP) is 4.01. The van der Waals surface area contributed by atoms with Crippen molar-refractivity contribution in [3.05, 3.63) is 95.0 Å². The van der Waals surface area contributed by atoms with Crippen LogP contribution >= 0.6 is 11.6 Å². The standard InChI is InChI=1S/C22H18ClN3O3/c23-18-11-9-16(10-12-18)15-29-20-8-4-5-17(13-20)14-24-26-22(28)21(27)25-19-6-2-1-3-7-19/h1-14H,15H2,(H,25,27)(H,26,28)/b24-14-. The van der Waals surface area contributed by atoms with Gasteiger partial charge < -0.3 is 10.1 Å². The molecule has 3 aromatic rings. The highest BCUT2D eigenvalue weighted by molar-refractivity contribution is 6.39. The molecule has 3 aromatic carbocycles. The van der Waals surface area contributed by atoms with Crippen molar-refractivity contribution < 1.29 is 14.3 Å². The average Bonchev–Trinajstić information content (AvgIpc) is 2.74. The van der Waals surface area contributed by atoms with Gasteiger partial charge in [-0.15, -0.1) is 0 Å². The first-order valence-electron chi connectivity index (χ1n) is 8.77. The van der Waals surface area contributed by atoms with Gasteiger partial charge in [-0.1, -0.05) is 54.1 Å². The van der Waals surface area contributed by atoms with Crippen LogP contribution in [0.15, 0.2) is 84.0 Å². The van der Waals surface area contributed by atoms with E-state index in [4.69, 9.17) is 16.3 Å². The first-order chi connectivity index (χ1) is 14.1. The smallest absolute Gasteiger partial charge is 0.329 e. The van der Waals surface area contributed by atoms with Crippen molar-refractivity contribution in [3.63, 3.8) is 0 Å². The number of nitrogens with one attached hydrogen (secondary N) is 2. The number of anilines is 1. The van der Waals surface area contributed by atoms with E-state index >= 15 is 0 Å². The van der Waals surface area contributed by atoms with Gasteiger partial charge in [-0.2, -0.15) is 5.10 Å². The molecule has 7 heteroatoms. The molecule has 0 aliphatic carbocycles. The van der Waals surface area contributed by atoms with Crippen LogP contribution in [0.1, 0.15) is 11.1 Å². The fourth-order valence-corrected chi connectivity index (χ4v) is 2.48. The van der Waals surface area contributed by atoms with E-state index in [1.807, 2.05) is 30.3 Å². The minimum atomic E-state index is -0.861. The second-order valence-electron chi connectivity index (χ2n) is 6.01. The van der Waals surface area contributed by atoms with Crippen molar-refractivity contribution in [2.24, 2.45) is 5.10 Å². The summed E-state index contributed by atoms with van der Waals surface area (Å²) in [5.41, 5.74) is 4.43. The number of rotatable bonds is 6. The van der Waals surface area contributed by atoms with E-state index in [2.05, 4.69) is 15.8 Å². The Morgan fingerprint density at radius 2 is 1.69 bits per heavy atom. The quantitative estimate of drug-likeness (QED) is 0.368. The van der Waals surface area contributed by atoms with E-state index in [0.717, 1.165) is 5.56 Å². The molecule has 2 amide bonds. The first-order valence-corrected chi connectivity index (χ1v) is 9.15. The highest BCUT2D eigenvalue weighted by Gasteiger charge is 2.12. The lowest BCUT2D eigenvalue weighted by molar-refractivity contribution is -0.136. The van der Waals surface area contributed by atoms with Crippen LogP contribution < -0.4 is 15.5 Å². The van der Waals surface area contributed by atoms with Gasteiger partial charge in [0.15, 0.2) is 0 Å². The van der Waals surface area contributed by atoms with Gasteiger partial charge in [0.2, 0.25) is 0 Å². The summed E-state index contributed by atoms with van der Waals surface area (Å²) in [5, 5.41) is 6.97. The van der Waals surface area contributed by atoms with E-state index in [-0.39, 0.29) is 0 Å². The zero-order chi connectivity index (χ0) is 20.5. The van der Waals surface area contributed by atoms with Crippen LogP contribution in [0, 0.1) is 0 Å². The third-order valence-electron chi connectivity index (χ3n) is 3.79. The first kappa shape index (κ1) is 20.1.